The van der Waals surface area contributed by atoms with Crippen LogP contribution in [0.4, 0.5) is 4.79 Å². The molecule has 0 bridgehead atoms. The van der Waals surface area contributed by atoms with Crippen molar-refractivity contribution in [3.8, 4) is 0 Å². The first-order chi connectivity index (χ1) is 13.4. The van der Waals surface area contributed by atoms with Crippen LogP contribution in [-0.4, -0.2) is 31.0 Å². The molecule has 2 atom stereocenters. The van der Waals surface area contributed by atoms with Crippen LogP contribution in [0.1, 0.15) is 70.8 Å². The van der Waals surface area contributed by atoms with E-state index >= 15 is 0 Å². The van der Waals surface area contributed by atoms with Gasteiger partial charge in [0.05, 0.1) is 4.90 Å². The van der Waals surface area contributed by atoms with Crippen molar-refractivity contribution in [2.75, 3.05) is 0 Å². The maximum absolute atomic E-state index is 13.2. The average Bonchev–Trinajstić information content (AvgIpc) is 2.98. The first-order valence-electron chi connectivity index (χ1n) is 10.4. The van der Waals surface area contributed by atoms with Gasteiger partial charge in [-0.2, -0.15) is 4.31 Å². The van der Waals surface area contributed by atoms with Crippen LogP contribution in [0.25, 0.3) is 0 Å². The highest BCUT2D eigenvalue weighted by Crippen LogP contribution is 2.31. The topological polar surface area (TPSA) is 63.7 Å². The molecule has 0 radical (unpaired) electrons. The normalized spacial score (nSPS) is 20.1. The summed E-state index contributed by atoms with van der Waals surface area (Å²) in [7, 11) is -3.96. The fourth-order valence-corrected chi connectivity index (χ4v) is 4.85. The lowest BCUT2D eigenvalue weighted by Crippen LogP contribution is -2.40. The van der Waals surface area contributed by atoms with Crippen molar-refractivity contribution in [3.63, 3.8) is 0 Å². The SMILES string of the molecule is CCCCC/C=C/[C@@H]1[C@H](CCCCC)OC(=O)N1S(=O)(=O)c1ccc(C)cc1. The van der Waals surface area contributed by atoms with Gasteiger partial charge in [0.15, 0.2) is 0 Å². The highest BCUT2D eigenvalue weighted by Gasteiger charge is 2.47. The Morgan fingerprint density at radius 1 is 1.04 bits per heavy atom. The molecule has 6 heteroatoms. The highest BCUT2D eigenvalue weighted by atomic mass is 32.2. The number of nitrogens with zero attached hydrogens (tertiary/aromatic N) is 1. The molecule has 0 unspecified atom stereocenters. The van der Waals surface area contributed by atoms with Crippen LogP contribution in [0.15, 0.2) is 41.3 Å². The Kier molecular flexibility index (Phi) is 8.55. The molecule has 1 heterocycles. The van der Waals surface area contributed by atoms with E-state index in [2.05, 4.69) is 13.8 Å². The molecule has 28 heavy (non-hydrogen) atoms. The number of carbonyl (C=O) groups is 1. The van der Waals surface area contributed by atoms with E-state index in [1.54, 1.807) is 24.3 Å². The molecule has 1 aromatic carbocycles. The molecule has 1 fully saturated rings. The number of allylic oxidation sites excluding steroid dienone is 1. The monoisotopic (exact) mass is 407 g/mol. The van der Waals surface area contributed by atoms with Crippen molar-refractivity contribution in [1.82, 2.24) is 4.31 Å². The van der Waals surface area contributed by atoms with Crippen molar-refractivity contribution in [2.45, 2.75) is 89.2 Å². The predicted molar refractivity (Wildman–Crippen MR) is 112 cm³/mol. The van der Waals surface area contributed by atoms with Crippen molar-refractivity contribution >= 4 is 16.1 Å². The fourth-order valence-electron chi connectivity index (χ4n) is 3.38. The van der Waals surface area contributed by atoms with Gasteiger partial charge in [0.1, 0.15) is 12.1 Å². The largest absolute Gasteiger partial charge is 0.443 e. The summed E-state index contributed by atoms with van der Waals surface area (Å²) in [6.45, 7) is 6.15. The second-order valence-corrected chi connectivity index (χ2v) is 9.26. The lowest BCUT2D eigenvalue weighted by molar-refractivity contribution is 0.127. The van der Waals surface area contributed by atoms with Gasteiger partial charge in [0.2, 0.25) is 0 Å². The number of ether oxygens (including phenoxy) is 1. The summed E-state index contributed by atoms with van der Waals surface area (Å²) in [5.74, 6) is 0. The molecule has 0 N–H and O–H groups in total. The maximum Gasteiger partial charge on any atom is 0.424 e. The van der Waals surface area contributed by atoms with E-state index in [1.165, 1.54) is 0 Å². The van der Waals surface area contributed by atoms with E-state index in [0.717, 1.165) is 54.8 Å². The van der Waals surface area contributed by atoms with Crippen LogP contribution in [-0.2, 0) is 14.8 Å². The minimum atomic E-state index is -3.96. The number of unbranched alkanes of at least 4 members (excludes halogenated alkanes) is 5. The maximum atomic E-state index is 13.2. The van der Waals surface area contributed by atoms with Crippen LogP contribution in [0.5, 0.6) is 0 Å². The minimum Gasteiger partial charge on any atom is -0.443 e. The van der Waals surface area contributed by atoms with Gasteiger partial charge in [-0.05, 0) is 44.7 Å². The number of hydrogen-bond donors (Lipinski definition) is 0. The molecular weight excluding hydrogens is 374 g/mol. The summed E-state index contributed by atoms with van der Waals surface area (Å²) in [5, 5.41) is 0. The molecule has 1 aliphatic heterocycles. The molecule has 5 nitrogen and oxygen atoms in total. The number of cyclic esters (lactones) is 1. The molecule has 0 aromatic heterocycles. The number of rotatable bonds is 11. The van der Waals surface area contributed by atoms with E-state index in [9.17, 15) is 13.2 Å². The number of aryl methyl sites for hydroxylation is 1. The Bertz CT molecular complexity index is 755. The van der Waals surface area contributed by atoms with Gasteiger partial charge in [-0.1, -0.05) is 69.4 Å². The minimum absolute atomic E-state index is 0.119. The highest BCUT2D eigenvalue weighted by molar-refractivity contribution is 7.89. The van der Waals surface area contributed by atoms with Crippen LogP contribution >= 0.6 is 0 Å². The van der Waals surface area contributed by atoms with E-state index in [0.29, 0.717) is 6.42 Å². The Hall–Kier alpha value is -1.82. The molecule has 1 amide bonds. The van der Waals surface area contributed by atoms with Gasteiger partial charge in [-0.25, -0.2) is 13.2 Å². The Labute approximate surface area is 169 Å². The Morgan fingerprint density at radius 2 is 1.68 bits per heavy atom. The molecule has 0 spiro atoms. The van der Waals surface area contributed by atoms with Gasteiger partial charge >= 0.3 is 6.09 Å². The second kappa shape index (κ2) is 10.6. The van der Waals surface area contributed by atoms with Crippen LogP contribution in [0.2, 0.25) is 0 Å². The van der Waals surface area contributed by atoms with Gasteiger partial charge in [0.25, 0.3) is 10.0 Å². The van der Waals surface area contributed by atoms with Gasteiger partial charge < -0.3 is 4.74 Å². The van der Waals surface area contributed by atoms with Crippen molar-refractivity contribution in [1.29, 1.82) is 0 Å². The molecule has 2 rings (SSSR count). The molecular formula is C22H33NO4S. The molecule has 1 aliphatic rings. The standard InChI is InChI=1S/C22H33NO4S/c1-4-6-8-9-11-12-20-21(13-10-7-5-2)27-22(24)23(20)28(25,26)19-16-14-18(3)15-17-19/h11-12,14-17,20-21H,4-10,13H2,1-3H3/b12-11+/t20-,21+/m1/s1. The molecule has 0 saturated carbocycles. The van der Waals surface area contributed by atoms with E-state index in [4.69, 9.17) is 4.74 Å². The second-order valence-electron chi connectivity index (χ2n) is 7.45. The Balaban J connectivity index is 2.26. The van der Waals surface area contributed by atoms with Crippen molar-refractivity contribution < 1.29 is 17.9 Å². The molecule has 156 valence electrons. The summed E-state index contributed by atoms with van der Waals surface area (Å²) in [4.78, 5) is 12.7. The zero-order valence-corrected chi connectivity index (χ0v) is 18.1. The predicted octanol–water partition coefficient (Wildman–Crippen LogP) is 5.59. The lowest BCUT2D eigenvalue weighted by Gasteiger charge is -2.22. The summed E-state index contributed by atoms with van der Waals surface area (Å²) < 4.78 is 32.8. The smallest absolute Gasteiger partial charge is 0.424 e. The third-order valence-electron chi connectivity index (χ3n) is 5.06. The first-order valence-corrected chi connectivity index (χ1v) is 11.8. The van der Waals surface area contributed by atoms with Gasteiger partial charge in [-0.3, -0.25) is 0 Å². The third kappa shape index (κ3) is 5.60. The van der Waals surface area contributed by atoms with E-state index in [1.807, 2.05) is 19.1 Å². The number of carbonyl (C=O) groups excluding carboxylic acids is 1. The Morgan fingerprint density at radius 3 is 2.32 bits per heavy atom. The van der Waals surface area contributed by atoms with E-state index < -0.39 is 28.3 Å². The van der Waals surface area contributed by atoms with Gasteiger partial charge in [0, 0.05) is 0 Å². The summed E-state index contributed by atoms with van der Waals surface area (Å²) in [5.41, 5.74) is 0.966. The quantitative estimate of drug-likeness (QED) is 0.354. The summed E-state index contributed by atoms with van der Waals surface area (Å²) >= 11 is 0. The fraction of sp³-hybridized carbons (Fsp3) is 0.591. The van der Waals surface area contributed by atoms with Gasteiger partial charge in [-0.15, -0.1) is 0 Å². The molecule has 0 aliphatic carbocycles. The lowest BCUT2D eigenvalue weighted by atomic mass is 10.0. The zero-order valence-electron chi connectivity index (χ0n) is 17.3. The van der Waals surface area contributed by atoms with Crippen molar-refractivity contribution in [3.05, 3.63) is 42.0 Å². The van der Waals surface area contributed by atoms with E-state index in [-0.39, 0.29) is 4.90 Å². The average molecular weight is 408 g/mol. The van der Waals surface area contributed by atoms with Crippen LogP contribution in [0.3, 0.4) is 0 Å². The molecule has 1 saturated heterocycles. The van der Waals surface area contributed by atoms with Crippen LogP contribution < -0.4 is 0 Å². The summed E-state index contributed by atoms with van der Waals surface area (Å²) in [6.07, 6.45) is 10.5. The zero-order chi connectivity index (χ0) is 20.6. The van der Waals surface area contributed by atoms with Crippen LogP contribution in [0, 0.1) is 6.92 Å². The number of amides is 1. The molecule has 1 aromatic rings. The summed E-state index contributed by atoms with van der Waals surface area (Å²) in [6, 6.07) is 5.98. The van der Waals surface area contributed by atoms with Crippen molar-refractivity contribution in [2.24, 2.45) is 0 Å². The number of benzene rings is 1. The number of hydrogen-bond acceptors (Lipinski definition) is 4. The first kappa shape index (κ1) is 22.5. The number of sulfonamides is 1. The third-order valence-corrected chi connectivity index (χ3v) is 6.84.